The van der Waals surface area contributed by atoms with Gasteiger partial charge in [0.25, 0.3) is 0 Å². The van der Waals surface area contributed by atoms with Gasteiger partial charge in [-0.05, 0) is 38.5 Å². The van der Waals surface area contributed by atoms with Crippen molar-refractivity contribution in [2.24, 2.45) is 0 Å². The first-order chi connectivity index (χ1) is 8.39. The summed E-state index contributed by atoms with van der Waals surface area (Å²) in [6.07, 6.45) is 0. The summed E-state index contributed by atoms with van der Waals surface area (Å²) >= 11 is 12.2. The fourth-order valence-electron chi connectivity index (χ4n) is 1.39. The van der Waals surface area contributed by atoms with Crippen LogP contribution in [0, 0.1) is 0 Å². The summed E-state index contributed by atoms with van der Waals surface area (Å²) < 4.78 is 5.36. The van der Waals surface area contributed by atoms with Gasteiger partial charge in [0.15, 0.2) is 5.75 Å². The van der Waals surface area contributed by atoms with Crippen molar-refractivity contribution in [3.05, 3.63) is 27.7 Å². The highest BCUT2D eigenvalue weighted by Gasteiger charge is 2.16. The van der Waals surface area contributed by atoms with Gasteiger partial charge in [-0.15, -0.1) is 0 Å². The quantitative estimate of drug-likeness (QED) is 0.845. The first kappa shape index (κ1) is 15.6. The van der Waals surface area contributed by atoms with Crippen LogP contribution in [0.3, 0.4) is 0 Å². The third-order valence-electron chi connectivity index (χ3n) is 2.51. The molecule has 0 aromatic heterocycles. The van der Waals surface area contributed by atoms with Crippen LogP contribution in [-0.2, 0) is 6.54 Å². The molecule has 0 amide bonds. The maximum Gasteiger partial charge on any atom is 0.156 e. The minimum atomic E-state index is -0.336. The second-order valence-corrected chi connectivity index (χ2v) is 5.53. The molecule has 0 saturated carbocycles. The molecule has 0 saturated heterocycles. The van der Waals surface area contributed by atoms with Crippen molar-refractivity contribution in [2.45, 2.75) is 32.9 Å². The number of halogens is 2. The number of nitrogens with one attached hydrogen (secondary N) is 1. The standard InChI is InChI=1S/C13H19Cl2NO2/c1-4-18-12-10(14)5-9(6-11(12)15)7-16-13(2,3)8-17/h5-6,16-17H,4,7-8H2,1-3H3. The van der Waals surface area contributed by atoms with E-state index in [1.165, 1.54) is 0 Å². The Morgan fingerprint density at radius 1 is 1.28 bits per heavy atom. The van der Waals surface area contributed by atoms with E-state index in [1.807, 2.05) is 32.9 Å². The van der Waals surface area contributed by atoms with Crippen LogP contribution in [0.15, 0.2) is 12.1 Å². The van der Waals surface area contributed by atoms with E-state index in [2.05, 4.69) is 5.32 Å². The number of ether oxygens (including phenoxy) is 1. The van der Waals surface area contributed by atoms with Gasteiger partial charge >= 0.3 is 0 Å². The highest BCUT2D eigenvalue weighted by Crippen LogP contribution is 2.34. The lowest BCUT2D eigenvalue weighted by molar-refractivity contribution is 0.187. The predicted molar refractivity (Wildman–Crippen MR) is 75.6 cm³/mol. The Morgan fingerprint density at radius 2 is 1.83 bits per heavy atom. The Bertz CT molecular complexity index is 385. The van der Waals surface area contributed by atoms with Crippen molar-refractivity contribution in [3.8, 4) is 5.75 Å². The molecule has 5 heteroatoms. The third kappa shape index (κ3) is 4.32. The Kier molecular flexibility index (Phi) is 5.73. The molecule has 1 aromatic carbocycles. The smallest absolute Gasteiger partial charge is 0.156 e. The molecule has 0 atom stereocenters. The first-order valence-electron chi connectivity index (χ1n) is 5.86. The molecule has 0 bridgehead atoms. The van der Waals surface area contributed by atoms with Crippen LogP contribution in [0.25, 0.3) is 0 Å². The van der Waals surface area contributed by atoms with Gasteiger partial charge in [0.1, 0.15) is 0 Å². The summed E-state index contributed by atoms with van der Waals surface area (Å²) in [7, 11) is 0. The molecule has 0 aliphatic rings. The molecule has 1 rings (SSSR count). The number of aliphatic hydroxyl groups excluding tert-OH is 1. The molecule has 0 heterocycles. The van der Waals surface area contributed by atoms with E-state index < -0.39 is 0 Å². The Balaban J connectivity index is 2.80. The molecular formula is C13H19Cl2NO2. The molecular weight excluding hydrogens is 273 g/mol. The highest BCUT2D eigenvalue weighted by atomic mass is 35.5. The van der Waals surface area contributed by atoms with Crippen molar-refractivity contribution in [1.29, 1.82) is 0 Å². The van der Waals surface area contributed by atoms with Gasteiger partial charge in [0, 0.05) is 12.1 Å². The average Bonchev–Trinajstić information content (AvgIpc) is 2.31. The van der Waals surface area contributed by atoms with Gasteiger partial charge in [-0.3, -0.25) is 0 Å². The minimum absolute atomic E-state index is 0.0610. The van der Waals surface area contributed by atoms with Crippen molar-refractivity contribution in [3.63, 3.8) is 0 Å². The lowest BCUT2D eigenvalue weighted by Crippen LogP contribution is -2.42. The molecule has 0 aliphatic heterocycles. The second-order valence-electron chi connectivity index (χ2n) is 4.72. The van der Waals surface area contributed by atoms with Crippen LogP contribution in [-0.4, -0.2) is 23.9 Å². The molecule has 0 aliphatic carbocycles. The number of rotatable bonds is 6. The van der Waals surface area contributed by atoms with E-state index >= 15 is 0 Å². The maximum atomic E-state index is 9.16. The lowest BCUT2D eigenvalue weighted by atomic mass is 10.1. The first-order valence-corrected chi connectivity index (χ1v) is 6.62. The molecule has 0 unspecified atom stereocenters. The van der Waals surface area contributed by atoms with E-state index in [9.17, 15) is 0 Å². The maximum absolute atomic E-state index is 9.16. The van der Waals surface area contributed by atoms with Crippen molar-refractivity contribution >= 4 is 23.2 Å². The van der Waals surface area contributed by atoms with E-state index in [0.29, 0.717) is 28.9 Å². The van der Waals surface area contributed by atoms with Gasteiger partial charge in [0.05, 0.1) is 23.3 Å². The molecule has 2 N–H and O–H groups in total. The largest absolute Gasteiger partial charge is 0.491 e. The lowest BCUT2D eigenvalue weighted by Gasteiger charge is -2.23. The summed E-state index contributed by atoms with van der Waals surface area (Å²) in [5.74, 6) is 0.519. The molecule has 18 heavy (non-hydrogen) atoms. The Hall–Kier alpha value is -0.480. The van der Waals surface area contributed by atoms with Gasteiger partial charge in [-0.25, -0.2) is 0 Å². The molecule has 3 nitrogen and oxygen atoms in total. The van der Waals surface area contributed by atoms with E-state index in [1.54, 1.807) is 0 Å². The normalized spacial score (nSPS) is 11.7. The summed E-state index contributed by atoms with van der Waals surface area (Å²) in [6, 6.07) is 3.64. The molecule has 102 valence electrons. The van der Waals surface area contributed by atoms with Crippen LogP contribution in [0.5, 0.6) is 5.75 Å². The van der Waals surface area contributed by atoms with Crippen molar-refractivity contribution < 1.29 is 9.84 Å². The number of hydrogen-bond acceptors (Lipinski definition) is 3. The zero-order valence-electron chi connectivity index (χ0n) is 10.9. The van der Waals surface area contributed by atoms with Crippen LogP contribution in [0.1, 0.15) is 26.3 Å². The fourth-order valence-corrected chi connectivity index (χ4v) is 2.04. The van der Waals surface area contributed by atoms with Gasteiger partial charge < -0.3 is 15.2 Å². The van der Waals surface area contributed by atoms with Crippen LogP contribution >= 0.6 is 23.2 Å². The fraction of sp³-hybridized carbons (Fsp3) is 0.538. The topological polar surface area (TPSA) is 41.5 Å². The molecule has 0 spiro atoms. The van der Waals surface area contributed by atoms with Crippen molar-refractivity contribution in [2.75, 3.05) is 13.2 Å². The predicted octanol–water partition coefficient (Wildman–Crippen LogP) is 3.25. The Morgan fingerprint density at radius 3 is 2.28 bits per heavy atom. The monoisotopic (exact) mass is 291 g/mol. The summed E-state index contributed by atoms with van der Waals surface area (Å²) in [6.45, 7) is 6.89. The average molecular weight is 292 g/mol. The zero-order valence-corrected chi connectivity index (χ0v) is 12.4. The van der Waals surface area contributed by atoms with Gasteiger partial charge in [-0.1, -0.05) is 23.2 Å². The molecule has 0 radical (unpaired) electrons. The zero-order chi connectivity index (χ0) is 13.8. The van der Waals surface area contributed by atoms with E-state index in [-0.39, 0.29) is 12.1 Å². The minimum Gasteiger partial charge on any atom is -0.491 e. The van der Waals surface area contributed by atoms with Crippen molar-refractivity contribution in [1.82, 2.24) is 5.32 Å². The number of aliphatic hydroxyl groups is 1. The number of hydrogen-bond donors (Lipinski definition) is 2. The van der Waals surface area contributed by atoms with Crippen LogP contribution in [0.2, 0.25) is 10.0 Å². The van der Waals surface area contributed by atoms with Crippen LogP contribution in [0.4, 0.5) is 0 Å². The molecule has 0 fully saturated rings. The summed E-state index contributed by atoms with van der Waals surface area (Å²) in [4.78, 5) is 0. The SMILES string of the molecule is CCOc1c(Cl)cc(CNC(C)(C)CO)cc1Cl. The molecule has 1 aromatic rings. The van der Waals surface area contributed by atoms with E-state index in [0.717, 1.165) is 5.56 Å². The number of benzene rings is 1. The summed E-state index contributed by atoms with van der Waals surface area (Å²) in [5.41, 5.74) is 0.618. The van der Waals surface area contributed by atoms with E-state index in [4.69, 9.17) is 33.0 Å². The van der Waals surface area contributed by atoms with Gasteiger partial charge in [-0.2, -0.15) is 0 Å². The third-order valence-corrected chi connectivity index (χ3v) is 3.07. The summed E-state index contributed by atoms with van der Waals surface area (Å²) in [5, 5.41) is 13.4. The second kappa shape index (κ2) is 6.62. The van der Waals surface area contributed by atoms with Crippen LogP contribution < -0.4 is 10.1 Å². The highest BCUT2D eigenvalue weighted by molar-refractivity contribution is 6.37. The Labute approximate surface area is 118 Å². The van der Waals surface area contributed by atoms with Gasteiger partial charge in [0.2, 0.25) is 0 Å².